The Hall–Kier alpha value is -3.79. The number of pyridine rings is 1. The lowest BCUT2D eigenvalue weighted by Gasteiger charge is -2.26. The molecule has 0 bridgehead atoms. The molecule has 3 heterocycles. The summed E-state index contributed by atoms with van der Waals surface area (Å²) in [6.45, 7) is 3.50. The fraction of sp³-hybridized carbons (Fsp3) is 0.320. The largest absolute Gasteiger partial charge is 0.497 e. The number of amides is 2. The molecule has 4 rings (SSSR count). The summed E-state index contributed by atoms with van der Waals surface area (Å²) in [4.78, 5) is 32.7. The molecule has 1 aliphatic heterocycles. The van der Waals surface area contributed by atoms with Gasteiger partial charge in [-0.1, -0.05) is 6.07 Å². The van der Waals surface area contributed by atoms with Gasteiger partial charge in [0.15, 0.2) is 0 Å². The third-order valence-corrected chi connectivity index (χ3v) is 6.82. The maximum atomic E-state index is 13.6. The Bertz CT molecular complexity index is 1200. The molecule has 2 amide bonds. The van der Waals surface area contributed by atoms with Crippen LogP contribution in [-0.2, 0) is 24.2 Å². The highest BCUT2D eigenvalue weighted by atomic mass is 32.1. The molecule has 2 N–H and O–H groups in total. The number of thiophene rings is 1. The topological polar surface area (TPSA) is 102 Å². The van der Waals surface area contributed by atoms with E-state index >= 15 is 0 Å². The van der Waals surface area contributed by atoms with Crippen molar-refractivity contribution in [2.75, 3.05) is 38.0 Å². The minimum absolute atomic E-state index is 0.257. The van der Waals surface area contributed by atoms with Gasteiger partial charge in [-0.25, -0.2) is 4.79 Å². The van der Waals surface area contributed by atoms with Gasteiger partial charge in [0.25, 0.3) is 5.91 Å². The lowest BCUT2D eigenvalue weighted by molar-refractivity contribution is 0.102. The smallest absolute Gasteiger partial charge is 0.410 e. The Labute approximate surface area is 208 Å². The predicted octanol–water partition coefficient (Wildman–Crippen LogP) is 4.54. The normalized spacial score (nSPS) is 12.5. The van der Waals surface area contributed by atoms with Crippen molar-refractivity contribution < 1.29 is 23.8 Å². The van der Waals surface area contributed by atoms with Gasteiger partial charge in [0.05, 0.1) is 38.6 Å². The van der Waals surface area contributed by atoms with Crippen LogP contribution >= 0.6 is 11.3 Å². The van der Waals surface area contributed by atoms with Crippen LogP contribution < -0.4 is 20.1 Å². The van der Waals surface area contributed by atoms with Crippen molar-refractivity contribution in [1.29, 1.82) is 0 Å². The summed E-state index contributed by atoms with van der Waals surface area (Å²) in [5, 5.41) is 7.13. The number of benzene rings is 1. The van der Waals surface area contributed by atoms with E-state index in [4.69, 9.17) is 14.2 Å². The molecule has 1 aliphatic rings. The molecule has 0 radical (unpaired) electrons. The van der Waals surface area contributed by atoms with E-state index in [2.05, 4.69) is 15.6 Å². The Morgan fingerprint density at radius 1 is 1.20 bits per heavy atom. The first kappa shape index (κ1) is 24.3. The number of rotatable bonds is 8. The quantitative estimate of drug-likeness (QED) is 0.472. The number of nitrogens with one attached hydrogen (secondary N) is 2. The van der Waals surface area contributed by atoms with Crippen LogP contribution in [0, 0.1) is 0 Å². The molecule has 0 spiro atoms. The van der Waals surface area contributed by atoms with Crippen molar-refractivity contribution in [3.8, 4) is 11.5 Å². The molecule has 35 heavy (non-hydrogen) atoms. The predicted molar refractivity (Wildman–Crippen MR) is 135 cm³/mol. The molecular formula is C25H28N4O5S. The average molecular weight is 497 g/mol. The van der Waals surface area contributed by atoms with E-state index in [0.29, 0.717) is 55.4 Å². The Kier molecular flexibility index (Phi) is 7.71. The molecule has 9 nitrogen and oxygen atoms in total. The summed E-state index contributed by atoms with van der Waals surface area (Å²) in [5.74, 6) is 0.877. The van der Waals surface area contributed by atoms with Crippen molar-refractivity contribution >= 4 is 34.0 Å². The van der Waals surface area contributed by atoms with E-state index in [1.165, 1.54) is 11.3 Å². The SMILES string of the molecule is CCOC(=O)N1CCc2c(sc(NCc3cccnc3)c2C(=O)Nc2cc(OC)ccc2OC)C1. The molecule has 184 valence electrons. The Morgan fingerprint density at radius 2 is 2.06 bits per heavy atom. The molecule has 1 aromatic carbocycles. The zero-order valence-electron chi connectivity index (χ0n) is 19.9. The van der Waals surface area contributed by atoms with Crippen LogP contribution in [0.4, 0.5) is 15.5 Å². The summed E-state index contributed by atoms with van der Waals surface area (Å²) >= 11 is 1.48. The van der Waals surface area contributed by atoms with Gasteiger partial charge in [-0.05, 0) is 42.7 Å². The van der Waals surface area contributed by atoms with Crippen molar-refractivity contribution in [1.82, 2.24) is 9.88 Å². The molecule has 0 saturated carbocycles. The number of aromatic nitrogens is 1. The van der Waals surface area contributed by atoms with Crippen LogP contribution in [0.2, 0.25) is 0 Å². The van der Waals surface area contributed by atoms with Gasteiger partial charge in [0, 0.05) is 36.4 Å². The van der Waals surface area contributed by atoms with Gasteiger partial charge < -0.3 is 29.7 Å². The van der Waals surface area contributed by atoms with E-state index in [-0.39, 0.29) is 12.0 Å². The van der Waals surface area contributed by atoms with E-state index in [0.717, 1.165) is 21.0 Å². The maximum absolute atomic E-state index is 13.6. The number of hydrogen-bond acceptors (Lipinski definition) is 8. The number of hydrogen-bond donors (Lipinski definition) is 2. The molecule has 0 aliphatic carbocycles. The molecule has 10 heteroatoms. The first-order valence-electron chi connectivity index (χ1n) is 11.3. The van der Waals surface area contributed by atoms with Gasteiger partial charge in [0.1, 0.15) is 16.5 Å². The second-order valence-corrected chi connectivity index (χ2v) is 8.92. The molecule has 0 unspecified atom stereocenters. The number of carbonyl (C=O) groups excluding carboxylic acids is 2. The first-order chi connectivity index (χ1) is 17.0. The molecule has 0 saturated heterocycles. The van der Waals surface area contributed by atoms with Crippen LogP contribution in [-0.4, -0.2) is 49.3 Å². The molecule has 0 atom stereocenters. The monoisotopic (exact) mass is 496 g/mol. The first-order valence-corrected chi connectivity index (χ1v) is 12.1. The highest BCUT2D eigenvalue weighted by Crippen LogP contribution is 2.39. The minimum Gasteiger partial charge on any atom is -0.497 e. The summed E-state index contributed by atoms with van der Waals surface area (Å²) in [6, 6.07) is 9.08. The number of carbonyl (C=O) groups is 2. The minimum atomic E-state index is -0.344. The van der Waals surface area contributed by atoms with Crippen LogP contribution in [0.5, 0.6) is 11.5 Å². The summed E-state index contributed by atoms with van der Waals surface area (Å²) in [5.41, 5.74) is 3.01. The van der Waals surface area contributed by atoms with E-state index in [9.17, 15) is 9.59 Å². The van der Waals surface area contributed by atoms with E-state index in [1.807, 2.05) is 12.1 Å². The van der Waals surface area contributed by atoms with Gasteiger partial charge in [-0.2, -0.15) is 0 Å². The summed E-state index contributed by atoms with van der Waals surface area (Å²) < 4.78 is 15.9. The summed E-state index contributed by atoms with van der Waals surface area (Å²) in [6.07, 6.45) is 3.71. The highest BCUT2D eigenvalue weighted by Gasteiger charge is 2.30. The molecular weight excluding hydrogens is 468 g/mol. The Balaban J connectivity index is 1.65. The Morgan fingerprint density at radius 3 is 2.77 bits per heavy atom. The average Bonchev–Trinajstić information content (AvgIpc) is 3.26. The number of ether oxygens (including phenoxy) is 3. The molecule has 0 fully saturated rings. The van der Waals surface area contributed by atoms with Crippen molar-refractivity contribution in [3.05, 3.63) is 64.3 Å². The van der Waals surface area contributed by atoms with Gasteiger partial charge in [0.2, 0.25) is 0 Å². The number of nitrogens with zero attached hydrogens (tertiary/aromatic N) is 2. The lowest BCUT2D eigenvalue weighted by atomic mass is 10.0. The van der Waals surface area contributed by atoms with Gasteiger partial charge in [-0.3, -0.25) is 9.78 Å². The number of fused-ring (bicyclic) bond motifs is 1. The van der Waals surface area contributed by atoms with E-state index in [1.54, 1.807) is 56.6 Å². The zero-order chi connectivity index (χ0) is 24.8. The third-order valence-electron chi connectivity index (χ3n) is 5.64. The number of anilines is 2. The van der Waals surface area contributed by atoms with Gasteiger partial charge >= 0.3 is 6.09 Å². The fourth-order valence-electron chi connectivity index (χ4n) is 3.92. The van der Waals surface area contributed by atoms with E-state index < -0.39 is 0 Å². The third kappa shape index (κ3) is 5.48. The maximum Gasteiger partial charge on any atom is 0.410 e. The van der Waals surface area contributed by atoms with Crippen LogP contribution in [0.3, 0.4) is 0 Å². The van der Waals surface area contributed by atoms with Crippen LogP contribution in [0.25, 0.3) is 0 Å². The van der Waals surface area contributed by atoms with Gasteiger partial charge in [-0.15, -0.1) is 11.3 Å². The second kappa shape index (κ2) is 11.1. The zero-order valence-corrected chi connectivity index (χ0v) is 20.7. The molecule has 2 aromatic heterocycles. The summed E-state index contributed by atoms with van der Waals surface area (Å²) in [7, 11) is 3.12. The number of methoxy groups -OCH3 is 2. The standard InChI is InChI=1S/C25H28N4O5S/c1-4-34-25(31)29-11-9-18-21(15-29)35-24(27-14-16-6-5-10-26-13-16)22(18)23(30)28-19-12-17(32-2)7-8-20(19)33-3/h5-8,10,12-13,27H,4,9,11,14-15H2,1-3H3,(H,28,30). The second-order valence-electron chi connectivity index (χ2n) is 7.81. The van der Waals surface area contributed by atoms with Crippen LogP contribution in [0.1, 0.15) is 33.3 Å². The molecule has 3 aromatic rings. The fourth-order valence-corrected chi connectivity index (χ4v) is 5.18. The van der Waals surface area contributed by atoms with Crippen LogP contribution in [0.15, 0.2) is 42.7 Å². The highest BCUT2D eigenvalue weighted by molar-refractivity contribution is 7.16. The van der Waals surface area contributed by atoms with Crippen molar-refractivity contribution in [2.45, 2.75) is 26.4 Å². The van der Waals surface area contributed by atoms with Crippen molar-refractivity contribution in [3.63, 3.8) is 0 Å². The van der Waals surface area contributed by atoms with Crippen molar-refractivity contribution in [2.24, 2.45) is 0 Å². The lowest BCUT2D eigenvalue weighted by Crippen LogP contribution is -2.36.